The van der Waals surface area contributed by atoms with E-state index in [-0.39, 0.29) is 24.0 Å². The predicted molar refractivity (Wildman–Crippen MR) is 119 cm³/mol. The molecule has 1 atom stereocenters. The van der Waals surface area contributed by atoms with Crippen molar-refractivity contribution >= 4 is 39.9 Å². The maximum absolute atomic E-state index is 14.0. The van der Waals surface area contributed by atoms with Crippen molar-refractivity contribution in [3.8, 4) is 5.75 Å². The summed E-state index contributed by atoms with van der Waals surface area (Å²) in [6.45, 7) is 0.835. The fourth-order valence-corrected chi connectivity index (χ4v) is 4.18. The lowest BCUT2D eigenvalue weighted by Gasteiger charge is -2.32. The number of methoxy groups -OCH3 is 1. The van der Waals surface area contributed by atoms with E-state index >= 15 is 0 Å². The number of ether oxygens (including phenoxy) is 1. The van der Waals surface area contributed by atoms with Crippen molar-refractivity contribution in [3.05, 3.63) is 71.0 Å². The third-order valence-electron chi connectivity index (χ3n) is 5.60. The zero-order chi connectivity index (χ0) is 22.0. The Morgan fingerprint density at radius 1 is 1.13 bits per heavy atom. The molecule has 4 rings (SSSR count). The van der Waals surface area contributed by atoms with Gasteiger partial charge in [0.1, 0.15) is 11.6 Å². The minimum Gasteiger partial charge on any atom is -0.496 e. The van der Waals surface area contributed by atoms with Gasteiger partial charge in [0.05, 0.1) is 18.7 Å². The number of carbonyl (C=O) groups is 2. The topological polar surface area (TPSA) is 58.6 Å². The molecule has 0 aromatic heterocycles. The fraction of sp³-hybridized carbons (Fsp3) is 0.250. The molecule has 1 heterocycles. The number of rotatable bonds is 4. The van der Waals surface area contributed by atoms with Gasteiger partial charge in [-0.3, -0.25) is 9.59 Å². The molecule has 0 bridgehead atoms. The quantitative estimate of drug-likeness (QED) is 0.611. The first-order valence-electron chi connectivity index (χ1n) is 10.1. The van der Waals surface area contributed by atoms with Crippen LogP contribution in [-0.2, 0) is 4.79 Å². The third-order valence-corrected chi connectivity index (χ3v) is 5.84. The Hall–Kier alpha value is -3.12. The molecule has 5 nitrogen and oxygen atoms in total. The zero-order valence-electron chi connectivity index (χ0n) is 17.0. The molecule has 1 unspecified atom stereocenters. The summed E-state index contributed by atoms with van der Waals surface area (Å²) in [5.41, 5.74) is 0.612. The van der Waals surface area contributed by atoms with Crippen LogP contribution in [0, 0.1) is 11.7 Å². The molecule has 0 radical (unpaired) electrons. The zero-order valence-corrected chi connectivity index (χ0v) is 17.8. The van der Waals surface area contributed by atoms with Crippen molar-refractivity contribution in [2.75, 3.05) is 25.5 Å². The van der Waals surface area contributed by atoms with Crippen LogP contribution in [0.25, 0.3) is 10.8 Å². The van der Waals surface area contributed by atoms with Crippen LogP contribution in [0.2, 0.25) is 5.02 Å². The molecule has 31 heavy (non-hydrogen) atoms. The molecular formula is C24H22ClFN2O3. The molecule has 0 saturated carbocycles. The molecule has 7 heteroatoms. The normalized spacial score (nSPS) is 16.2. The Labute approximate surface area is 184 Å². The number of likely N-dealkylation sites (tertiary alicyclic amines) is 1. The molecule has 1 saturated heterocycles. The molecule has 0 spiro atoms. The third kappa shape index (κ3) is 4.35. The molecule has 1 aliphatic rings. The van der Waals surface area contributed by atoms with E-state index in [9.17, 15) is 14.0 Å². The second kappa shape index (κ2) is 8.94. The van der Waals surface area contributed by atoms with E-state index in [1.54, 1.807) is 24.1 Å². The Kier molecular flexibility index (Phi) is 6.09. The molecule has 160 valence electrons. The Bertz CT molecular complexity index is 1150. The summed E-state index contributed by atoms with van der Waals surface area (Å²) in [5, 5.41) is 4.61. The highest BCUT2D eigenvalue weighted by Crippen LogP contribution is 2.30. The standard InChI is InChI=1S/C24H22ClFN2O3/c1-31-22-11-9-19(17-6-2-3-7-18(17)22)24(30)28-12-4-5-15(14-28)23(29)27-21-13-16(25)8-10-20(21)26/h2-3,6-11,13,15H,4-5,12,14H2,1H3,(H,27,29). The van der Waals surface area contributed by atoms with Crippen LogP contribution in [0.3, 0.4) is 0 Å². The molecule has 1 aliphatic heterocycles. The minimum atomic E-state index is -0.550. The minimum absolute atomic E-state index is 0.0436. The highest BCUT2D eigenvalue weighted by atomic mass is 35.5. The highest BCUT2D eigenvalue weighted by Gasteiger charge is 2.30. The van der Waals surface area contributed by atoms with Crippen molar-refractivity contribution in [1.82, 2.24) is 4.90 Å². The summed E-state index contributed by atoms with van der Waals surface area (Å²) in [6, 6.07) is 15.1. The number of nitrogens with one attached hydrogen (secondary N) is 1. The van der Waals surface area contributed by atoms with E-state index in [0.717, 1.165) is 10.8 Å². The lowest BCUT2D eigenvalue weighted by molar-refractivity contribution is -0.121. The Morgan fingerprint density at radius 2 is 1.90 bits per heavy atom. The maximum atomic E-state index is 14.0. The van der Waals surface area contributed by atoms with Gasteiger partial charge in [-0.15, -0.1) is 0 Å². The Morgan fingerprint density at radius 3 is 2.68 bits per heavy atom. The monoisotopic (exact) mass is 440 g/mol. The average Bonchev–Trinajstić information content (AvgIpc) is 2.80. The number of amides is 2. The number of carbonyl (C=O) groups excluding carboxylic acids is 2. The molecule has 3 aromatic rings. The van der Waals surface area contributed by atoms with E-state index in [2.05, 4.69) is 5.32 Å². The van der Waals surface area contributed by atoms with Crippen LogP contribution in [0.1, 0.15) is 23.2 Å². The Balaban J connectivity index is 1.54. The molecule has 1 fully saturated rings. The van der Waals surface area contributed by atoms with Crippen molar-refractivity contribution in [3.63, 3.8) is 0 Å². The van der Waals surface area contributed by atoms with Gasteiger partial charge >= 0.3 is 0 Å². The van der Waals surface area contributed by atoms with Crippen molar-refractivity contribution in [2.24, 2.45) is 5.92 Å². The number of fused-ring (bicyclic) bond motifs is 1. The molecule has 2 amide bonds. The van der Waals surface area contributed by atoms with Crippen LogP contribution in [0.15, 0.2) is 54.6 Å². The number of piperidine rings is 1. The largest absolute Gasteiger partial charge is 0.496 e. The second-order valence-corrected chi connectivity index (χ2v) is 8.00. The van der Waals surface area contributed by atoms with Crippen molar-refractivity contribution < 1.29 is 18.7 Å². The molecular weight excluding hydrogens is 419 g/mol. The van der Waals surface area contributed by atoms with Crippen molar-refractivity contribution in [1.29, 1.82) is 0 Å². The average molecular weight is 441 g/mol. The van der Waals surface area contributed by atoms with Crippen LogP contribution in [0.4, 0.5) is 10.1 Å². The van der Waals surface area contributed by atoms with Gasteiger partial charge < -0.3 is 15.0 Å². The number of halogens is 2. The lowest BCUT2D eigenvalue weighted by atomic mass is 9.95. The fourth-order valence-electron chi connectivity index (χ4n) is 4.01. The number of anilines is 1. The number of hydrogen-bond acceptors (Lipinski definition) is 3. The summed E-state index contributed by atoms with van der Waals surface area (Å²) >= 11 is 5.91. The number of benzene rings is 3. The predicted octanol–water partition coefficient (Wildman–Crippen LogP) is 5.13. The van der Waals surface area contributed by atoms with Gasteiger partial charge in [-0.2, -0.15) is 0 Å². The smallest absolute Gasteiger partial charge is 0.254 e. The lowest BCUT2D eigenvalue weighted by Crippen LogP contribution is -2.43. The van der Waals surface area contributed by atoms with Gasteiger partial charge in [0.25, 0.3) is 5.91 Å². The van der Waals surface area contributed by atoms with E-state index in [0.29, 0.717) is 35.7 Å². The van der Waals surface area contributed by atoms with E-state index in [1.165, 1.54) is 18.2 Å². The molecule has 1 N–H and O–H groups in total. The van der Waals surface area contributed by atoms with Gasteiger partial charge in [-0.1, -0.05) is 35.9 Å². The SMILES string of the molecule is COc1ccc(C(=O)N2CCCC(C(=O)Nc3cc(Cl)ccc3F)C2)c2ccccc12. The van der Waals surface area contributed by atoms with Gasteiger partial charge in [0.2, 0.25) is 5.91 Å². The summed E-state index contributed by atoms with van der Waals surface area (Å²) in [5.74, 6) is -0.734. The highest BCUT2D eigenvalue weighted by molar-refractivity contribution is 6.30. The van der Waals surface area contributed by atoms with Gasteiger partial charge in [-0.25, -0.2) is 4.39 Å². The van der Waals surface area contributed by atoms with Crippen LogP contribution >= 0.6 is 11.6 Å². The van der Waals surface area contributed by atoms with E-state index < -0.39 is 11.7 Å². The van der Waals surface area contributed by atoms with E-state index in [1.807, 2.05) is 24.3 Å². The second-order valence-electron chi connectivity index (χ2n) is 7.56. The summed E-state index contributed by atoms with van der Waals surface area (Å²) < 4.78 is 19.4. The summed E-state index contributed by atoms with van der Waals surface area (Å²) in [7, 11) is 1.60. The van der Waals surface area contributed by atoms with Gasteiger partial charge in [0.15, 0.2) is 0 Å². The van der Waals surface area contributed by atoms with Crippen LogP contribution in [0.5, 0.6) is 5.75 Å². The van der Waals surface area contributed by atoms with Gasteiger partial charge in [-0.05, 0) is 48.6 Å². The van der Waals surface area contributed by atoms with Crippen molar-refractivity contribution in [2.45, 2.75) is 12.8 Å². The molecule has 0 aliphatic carbocycles. The number of nitrogens with zero attached hydrogens (tertiary/aromatic N) is 1. The van der Waals surface area contributed by atoms with E-state index in [4.69, 9.17) is 16.3 Å². The van der Waals surface area contributed by atoms with Crippen LogP contribution < -0.4 is 10.1 Å². The summed E-state index contributed by atoms with van der Waals surface area (Å²) in [4.78, 5) is 27.8. The maximum Gasteiger partial charge on any atom is 0.254 e. The first-order valence-corrected chi connectivity index (χ1v) is 10.5. The first-order chi connectivity index (χ1) is 15.0. The first kappa shape index (κ1) is 21.1. The van der Waals surface area contributed by atoms with Gasteiger partial charge in [0, 0.05) is 29.1 Å². The molecule has 3 aromatic carbocycles. The van der Waals surface area contributed by atoms with Crippen LogP contribution in [-0.4, -0.2) is 36.9 Å². The summed E-state index contributed by atoms with van der Waals surface area (Å²) in [6.07, 6.45) is 1.32. The number of hydrogen-bond donors (Lipinski definition) is 1.